The molecule has 1 aromatic carbocycles. The molecule has 3 N–H and O–H groups in total. The Hall–Kier alpha value is -3.24. The number of rotatable bonds is 7. The molecule has 188 valence electrons. The van der Waals surface area contributed by atoms with E-state index in [2.05, 4.69) is 49.5 Å². The van der Waals surface area contributed by atoms with Gasteiger partial charge in [-0.05, 0) is 48.3 Å². The van der Waals surface area contributed by atoms with E-state index in [1.807, 2.05) is 24.3 Å². The van der Waals surface area contributed by atoms with Crippen molar-refractivity contribution in [3.8, 4) is 11.1 Å². The van der Waals surface area contributed by atoms with Gasteiger partial charge in [0, 0.05) is 18.3 Å². The molecule has 0 saturated heterocycles. The summed E-state index contributed by atoms with van der Waals surface area (Å²) in [7, 11) is -2.04. The zero-order valence-corrected chi connectivity index (χ0v) is 22.1. The summed E-state index contributed by atoms with van der Waals surface area (Å²) in [6.45, 7) is 12.8. The Morgan fingerprint density at radius 3 is 2.49 bits per heavy atom. The van der Waals surface area contributed by atoms with Crippen LogP contribution in [-0.4, -0.2) is 55.5 Å². The lowest BCUT2D eigenvalue weighted by Gasteiger charge is -2.37. The Morgan fingerprint density at radius 1 is 1.17 bits per heavy atom. The molecule has 1 unspecified atom stereocenters. The van der Waals surface area contributed by atoms with Crippen LogP contribution in [0.4, 0.5) is 10.6 Å². The van der Waals surface area contributed by atoms with Crippen molar-refractivity contribution in [3.63, 3.8) is 0 Å². The summed E-state index contributed by atoms with van der Waals surface area (Å²) in [5.74, 6) is -0.459. The van der Waals surface area contributed by atoms with Gasteiger partial charge in [0.25, 0.3) is 5.91 Å². The van der Waals surface area contributed by atoms with Crippen molar-refractivity contribution in [1.29, 1.82) is 0 Å². The van der Waals surface area contributed by atoms with Crippen molar-refractivity contribution >= 4 is 32.0 Å². The van der Waals surface area contributed by atoms with Gasteiger partial charge >= 0.3 is 6.09 Å². The highest BCUT2D eigenvalue weighted by Crippen LogP contribution is 2.39. The maximum Gasteiger partial charge on any atom is 0.405 e. The van der Waals surface area contributed by atoms with Crippen molar-refractivity contribution in [2.75, 3.05) is 18.1 Å². The van der Waals surface area contributed by atoms with Crippen LogP contribution < -0.4 is 15.5 Å². The Labute approximate surface area is 207 Å². The SMILES string of the molecule is C[C@H](NC(=O)O)C(=O)NC1C(=O)N(CCO[Si](C)(C)C(C)(C)C)c2ncccc2-c2ccccc21. The molecule has 9 nitrogen and oxygen atoms in total. The largest absolute Gasteiger partial charge is 0.465 e. The predicted octanol–water partition coefficient (Wildman–Crippen LogP) is 3.93. The van der Waals surface area contributed by atoms with Crippen molar-refractivity contribution in [2.45, 2.75) is 57.9 Å². The van der Waals surface area contributed by atoms with E-state index >= 15 is 0 Å². The molecule has 1 aliphatic heterocycles. The molecule has 0 bridgehead atoms. The topological polar surface area (TPSA) is 121 Å². The van der Waals surface area contributed by atoms with E-state index in [-0.39, 0.29) is 17.5 Å². The third-order valence-corrected chi connectivity index (χ3v) is 11.3. The Bertz CT molecular complexity index is 1120. The molecule has 0 aliphatic carbocycles. The van der Waals surface area contributed by atoms with E-state index in [9.17, 15) is 14.4 Å². The molecule has 3 rings (SSSR count). The molecule has 2 aromatic rings. The van der Waals surface area contributed by atoms with Gasteiger partial charge in [0.2, 0.25) is 5.91 Å². The Kier molecular flexibility index (Phi) is 7.66. The lowest BCUT2D eigenvalue weighted by molar-refractivity contribution is -0.128. The zero-order valence-electron chi connectivity index (χ0n) is 21.1. The smallest absolute Gasteiger partial charge is 0.405 e. The minimum Gasteiger partial charge on any atom is -0.465 e. The summed E-state index contributed by atoms with van der Waals surface area (Å²) >= 11 is 0. The van der Waals surface area contributed by atoms with E-state index in [1.54, 1.807) is 23.2 Å². The second-order valence-electron chi connectivity index (χ2n) is 10.2. The number of carboxylic acid groups (broad SMARTS) is 1. The van der Waals surface area contributed by atoms with Crippen molar-refractivity contribution < 1.29 is 23.9 Å². The van der Waals surface area contributed by atoms with E-state index in [0.29, 0.717) is 18.0 Å². The number of carbonyl (C=O) groups excluding carboxylic acids is 2. The molecule has 3 amide bonds. The number of nitrogens with one attached hydrogen (secondary N) is 2. The summed E-state index contributed by atoms with van der Waals surface area (Å²) in [4.78, 5) is 43.8. The average Bonchev–Trinajstić information content (AvgIpc) is 2.87. The fourth-order valence-electron chi connectivity index (χ4n) is 3.69. The fourth-order valence-corrected chi connectivity index (χ4v) is 4.73. The highest BCUT2D eigenvalue weighted by Gasteiger charge is 2.39. The number of carbonyl (C=O) groups is 3. The zero-order chi connectivity index (χ0) is 26.0. The summed E-state index contributed by atoms with van der Waals surface area (Å²) in [5.41, 5.74) is 2.17. The highest BCUT2D eigenvalue weighted by atomic mass is 28.4. The van der Waals surface area contributed by atoms with Crippen LogP contribution in [0.5, 0.6) is 0 Å². The fraction of sp³-hybridized carbons (Fsp3) is 0.440. The Morgan fingerprint density at radius 2 is 1.83 bits per heavy atom. The summed E-state index contributed by atoms with van der Waals surface area (Å²) in [6, 6.07) is 9.00. The van der Waals surface area contributed by atoms with Gasteiger partial charge < -0.3 is 20.2 Å². The van der Waals surface area contributed by atoms with Crippen molar-refractivity contribution in [2.24, 2.45) is 0 Å². The van der Waals surface area contributed by atoms with Crippen LogP contribution in [0.25, 0.3) is 11.1 Å². The lowest BCUT2D eigenvalue weighted by atomic mass is 9.96. The van der Waals surface area contributed by atoms with Crippen LogP contribution in [0.1, 0.15) is 39.3 Å². The quantitative estimate of drug-likeness (QED) is 0.498. The van der Waals surface area contributed by atoms with E-state index in [4.69, 9.17) is 9.53 Å². The van der Waals surface area contributed by atoms with Crippen LogP contribution in [0.3, 0.4) is 0 Å². The number of hydrogen-bond acceptors (Lipinski definition) is 5. The summed E-state index contributed by atoms with van der Waals surface area (Å²) in [5, 5.41) is 13.9. The van der Waals surface area contributed by atoms with Crippen LogP contribution in [0.2, 0.25) is 18.1 Å². The minimum atomic E-state index is -2.04. The first kappa shape index (κ1) is 26.4. The number of benzene rings is 1. The second-order valence-corrected chi connectivity index (χ2v) is 15.0. The maximum absolute atomic E-state index is 13.9. The number of fused-ring (bicyclic) bond motifs is 3. The molecular formula is C25H34N4O5Si. The standard InChI is InChI=1S/C25H34N4O5Si/c1-16(27-24(32)33)22(30)28-20-18-11-8-7-10-17(18)19-12-9-13-26-21(19)29(23(20)31)14-15-34-35(5,6)25(2,3)4/h7-13,16,20,27H,14-15H2,1-6H3,(H,28,30)(H,32,33)/t16-,20?/m0/s1. The first-order valence-electron chi connectivity index (χ1n) is 11.6. The van der Waals surface area contributed by atoms with Gasteiger partial charge in [-0.2, -0.15) is 0 Å². The van der Waals surface area contributed by atoms with Gasteiger partial charge in [-0.15, -0.1) is 0 Å². The summed E-state index contributed by atoms with van der Waals surface area (Å²) < 4.78 is 6.33. The van der Waals surface area contributed by atoms with Crippen LogP contribution >= 0.6 is 0 Å². The van der Waals surface area contributed by atoms with Crippen molar-refractivity contribution in [1.82, 2.24) is 15.6 Å². The van der Waals surface area contributed by atoms with Gasteiger partial charge in [0.1, 0.15) is 17.9 Å². The number of anilines is 1. The molecule has 2 atom stereocenters. The Balaban J connectivity index is 1.98. The van der Waals surface area contributed by atoms with Gasteiger partial charge in [-0.3, -0.25) is 14.5 Å². The molecule has 35 heavy (non-hydrogen) atoms. The van der Waals surface area contributed by atoms with Gasteiger partial charge in [0.15, 0.2) is 8.32 Å². The molecule has 0 saturated carbocycles. The van der Waals surface area contributed by atoms with E-state index in [0.717, 1.165) is 11.1 Å². The first-order chi connectivity index (χ1) is 16.3. The van der Waals surface area contributed by atoms with Gasteiger partial charge in [-0.25, -0.2) is 9.78 Å². The third kappa shape index (κ3) is 5.71. The van der Waals surface area contributed by atoms with Gasteiger partial charge in [-0.1, -0.05) is 45.0 Å². The molecule has 10 heteroatoms. The molecule has 0 radical (unpaired) electrons. The van der Waals surface area contributed by atoms with Crippen LogP contribution in [0.15, 0.2) is 42.6 Å². The number of pyridine rings is 1. The molecule has 0 spiro atoms. The average molecular weight is 499 g/mol. The molecule has 0 fully saturated rings. The molecule has 1 aliphatic rings. The van der Waals surface area contributed by atoms with Crippen LogP contribution in [0, 0.1) is 0 Å². The number of hydrogen-bond donors (Lipinski definition) is 3. The normalized spacial score (nSPS) is 16.6. The second kappa shape index (κ2) is 10.2. The molecular weight excluding hydrogens is 464 g/mol. The molecule has 2 heterocycles. The minimum absolute atomic E-state index is 0.0198. The number of amides is 3. The number of aromatic nitrogens is 1. The lowest BCUT2D eigenvalue weighted by Crippen LogP contribution is -2.50. The van der Waals surface area contributed by atoms with E-state index < -0.39 is 32.4 Å². The number of nitrogens with zero attached hydrogens (tertiary/aromatic N) is 2. The molecule has 1 aromatic heterocycles. The third-order valence-electron chi connectivity index (χ3n) is 6.72. The maximum atomic E-state index is 13.9. The highest BCUT2D eigenvalue weighted by molar-refractivity contribution is 6.74. The van der Waals surface area contributed by atoms with Crippen molar-refractivity contribution in [3.05, 3.63) is 48.2 Å². The first-order valence-corrected chi connectivity index (χ1v) is 14.5. The summed E-state index contributed by atoms with van der Waals surface area (Å²) in [6.07, 6.45) is 0.315. The van der Waals surface area contributed by atoms with E-state index in [1.165, 1.54) is 6.92 Å². The monoisotopic (exact) mass is 498 g/mol. The predicted molar refractivity (Wildman–Crippen MR) is 137 cm³/mol. The van der Waals surface area contributed by atoms with Gasteiger partial charge in [0.05, 0.1) is 6.61 Å². The van der Waals surface area contributed by atoms with Crippen LogP contribution in [-0.2, 0) is 14.0 Å².